The van der Waals surface area contributed by atoms with Crippen LogP contribution in [0.15, 0.2) is 41.6 Å². The number of H-pyrrole nitrogens is 1. The Bertz CT molecular complexity index is 623. The van der Waals surface area contributed by atoms with Gasteiger partial charge in [-0.05, 0) is 19.2 Å². The van der Waals surface area contributed by atoms with E-state index in [1.54, 1.807) is 36.7 Å². The summed E-state index contributed by atoms with van der Waals surface area (Å²) in [6.07, 6.45) is 4.14. The average Bonchev–Trinajstić information content (AvgIpc) is 2.92. The van der Waals surface area contributed by atoms with Gasteiger partial charge in [0.1, 0.15) is 10.7 Å². The number of para-hydroxylation sites is 1. The molecule has 19 heavy (non-hydrogen) atoms. The van der Waals surface area contributed by atoms with E-state index in [9.17, 15) is 8.42 Å². The van der Waals surface area contributed by atoms with E-state index in [-0.39, 0.29) is 4.90 Å². The lowest BCUT2D eigenvalue weighted by Gasteiger charge is -2.11. The molecule has 0 fully saturated rings. The quantitative estimate of drug-likeness (QED) is 0.736. The van der Waals surface area contributed by atoms with Crippen molar-refractivity contribution < 1.29 is 8.42 Å². The molecular formula is C12H16N4O2S. The third-order valence-electron chi connectivity index (χ3n) is 2.68. The van der Waals surface area contributed by atoms with E-state index in [2.05, 4.69) is 20.0 Å². The van der Waals surface area contributed by atoms with E-state index in [0.29, 0.717) is 18.7 Å². The van der Waals surface area contributed by atoms with Gasteiger partial charge in [0.25, 0.3) is 0 Å². The van der Waals surface area contributed by atoms with Crippen LogP contribution in [0.1, 0.15) is 5.82 Å². The third-order valence-corrected chi connectivity index (χ3v) is 4.15. The van der Waals surface area contributed by atoms with Gasteiger partial charge in [0, 0.05) is 25.4 Å². The number of benzene rings is 1. The molecule has 2 aromatic rings. The van der Waals surface area contributed by atoms with Crippen LogP contribution in [0.2, 0.25) is 0 Å². The fraction of sp³-hybridized carbons (Fsp3) is 0.250. The smallest absolute Gasteiger partial charge is 0.242 e. The third kappa shape index (κ3) is 3.33. The minimum absolute atomic E-state index is 0.247. The van der Waals surface area contributed by atoms with E-state index in [1.165, 1.54) is 7.05 Å². The second-order valence-corrected chi connectivity index (χ2v) is 5.77. The van der Waals surface area contributed by atoms with Crippen LogP contribution >= 0.6 is 0 Å². The zero-order valence-electron chi connectivity index (χ0n) is 10.6. The molecule has 0 saturated heterocycles. The van der Waals surface area contributed by atoms with E-state index < -0.39 is 10.0 Å². The van der Waals surface area contributed by atoms with Gasteiger partial charge in [-0.2, -0.15) is 0 Å². The number of hydrogen-bond acceptors (Lipinski definition) is 4. The molecule has 7 heteroatoms. The summed E-state index contributed by atoms with van der Waals surface area (Å²) in [4.78, 5) is 7.35. The topological polar surface area (TPSA) is 86.9 Å². The molecule has 102 valence electrons. The highest BCUT2D eigenvalue weighted by molar-refractivity contribution is 7.89. The van der Waals surface area contributed by atoms with Gasteiger partial charge >= 0.3 is 0 Å². The molecule has 0 aliphatic rings. The standard InChI is InChI=1S/C12H16N4O2S/c1-13-19(17,18)11-5-3-2-4-10(11)14-7-6-12-15-8-9-16-12/h2-5,8-9,13-14H,6-7H2,1H3,(H,15,16). The summed E-state index contributed by atoms with van der Waals surface area (Å²) < 4.78 is 26.0. The molecule has 0 radical (unpaired) electrons. The minimum Gasteiger partial charge on any atom is -0.383 e. The number of hydrogen-bond donors (Lipinski definition) is 3. The monoisotopic (exact) mass is 280 g/mol. The highest BCUT2D eigenvalue weighted by atomic mass is 32.2. The SMILES string of the molecule is CNS(=O)(=O)c1ccccc1NCCc1ncc[nH]1. The Morgan fingerprint density at radius 3 is 2.79 bits per heavy atom. The van der Waals surface area contributed by atoms with Crippen molar-refractivity contribution in [2.45, 2.75) is 11.3 Å². The Kier molecular flexibility index (Phi) is 4.18. The summed E-state index contributed by atoms with van der Waals surface area (Å²) in [6.45, 7) is 0.601. The molecule has 0 spiro atoms. The number of nitrogens with one attached hydrogen (secondary N) is 3. The first kappa shape index (κ1) is 13.6. The zero-order valence-corrected chi connectivity index (χ0v) is 11.4. The van der Waals surface area contributed by atoms with E-state index in [1.807, 2.05) is 0 Å². The summed E-state index contributed by atoms with van der Waals surface area (Å²) >= 11 is 0. The second kappa shape index (κ2) is 5.85. The lowest BCUT2D eigenvalue weighted by Crippen LogP contribution is -2.20. The molecule has 0 bridgehead atoms. The van der Waals surface area contributed by atoms with Crippen molar-refractivity contribution in [2.24, 2.45) is 0 Å². The van der Waals surface area contributed by atoms with Gasteiger partial charge < -0.3 is 10.3 Å². The van der Waals surface area contributed by atoms with Gasteiger partial charge in [-0.25, -0.2) is 18.1 Å². The summed E-state index contributed by atoms with van der Waals surface area (Å²) in [5, 5.41) is 3.11. The molecular weight excluding hydrogens is 264 g/mol. The van der Waals surface area contributed by atoms with Crippen molar-refractivity contribution in [1.29, 1.82) is 0 Å². The highest BCUT2D eigenvalue weighted by Crippen LogP contribution is 2.20. The Morgan fingerprint density at radius 2 is 2.11 bits per heavy atom. The predicted octanol–water partition coefficient (Wildman–Crippen LogP) is 0.972. The number of anilines is 1. The molecule has 0 amide bonds. The minimum atomic E-state index is -3.45. The van der Waals surface area contributed by atoms with Gasteiger partial charge in [-0.1, -0.05) is 12.1 Å². The number of aromatic amines is 1. The van der Waals surface area contributed by atoms with Gasteiger partial charge in [-0.15, -0.1) is 0 Å². The Labute approximate surface area is 112 Å². The molecule has 1 aromatic carbocycles. The first-order chi connectivity index (χ1) is 9.13. The largest absolute Gasteiger partial charge is 0.383 e. The molecule has 1 aromatic heterocycles. The number of rotatable bonds is 6. The number of nitrogens with zero attached hydrogens (tertiary/aromatic N) is 1. The van der Waals surface area contributed by atoms with Crippen LogP contribution in [0.5, 0.6) is 0 Å². The lowest BCUT2D eigenvalue weighted by molar-refractivity contribution is 0.588. The fourth-order valence-corrected chi connectivity index (χ4v) is 2.61. The van der Waals surface area contributed by atoms with Crippen molar-refractivity contribution in [2.75, 3.05) is 18.9 Å². The predicted molar refractivity (Wildman–Crippen MR) is 73.5 cm³/mol. The molecule has 0 aliphatic carbocycles. The number of aromatic nitrogens is 2. The van der Waals surface area contributed by atoms with Gasteiger partial charge in [0.2, 0.25) is 10.0 Å². The Balaban J connectivity index is 2.08. The van der Waals surface area contributed by atoms with Crippen molar-refractivity contribution in [3.05, 3.63) is 42.5 Å². The van der Waals surface area contributed by atoms with Gasteiger partial charge in [0.15, 0.2) is 0 Å². The number of sulfonamides is 1. The second-order valence-electron chi connectivity index (χ2n) is 3.92. The maximum Gasteiger partial charge on any atom is 0.242 e. The normalized spacial score (nSPS) is 11.4. The van der Waals surface area contributed by atoms with Crippen LogP contribution < -0.4 is 10.0 Å². The molecule has 1 heterocycles. The van der Waals surface area contributed by atoms with E-state index in [4.69, 9.17) is 0 Å². The van der Waals surface area contributed by atoms with Crippen LogP contribution in [0.3, 0.4) is 0 Å². The Hall–Kier alpha value is -1.86. The summed E-state index contributed by atoms with van der Waals surface area (Å²) in [7, 11) is -2.05. The summed E-state index contributed by atoms with van der Waals surface area (Å²) in [5.74, 6) is 0.862. The summed E-state index contributed by atoms with van der Waals surface area (Å²) in [6, 6.07) is 6.80. The fourth-order valence-electron chi connectivity index (χ4n) is 1.71. The first-order valence-corrected chi connectivity index (χ1v) is 7.36. The number of imidazole rings is 1. The van der Waals surface area contributed by atoms with Crippen molar-refractivity contribution in [3.63, 3.8) is 0 Å². The van der Waals surface area contributed by atoms with Crippen molar-refractivity contribution >= 4 is 15.7 Å². The van der Waals surface area contributed by atoms with Crippen LogP contribution in [0, 0.1) is 0 Å². The Morgan fingerprint density at radius 1 is 1.32 bits per heavy atom. The molecule has 0 aliphatic heterocycles. The molecule has 6 nitrogen and oxygen atoms in total. The van der Waals surface area contributed by atoms with Crippen LogP contribution in [-0.2, 0) is 16.4 Å². The molecule has 0 atom stereocenters. The van der Waals surface area contributed by atoms with Gasteiger partial charge in [0.05, 0.1) is 5.69 Å². The van der Waals surface area contributed by atoms with E-state index >= 15 is 0 Å². The van der Waals surface area contributed by atoms with E-state index in [0.717, 1.165) is 5.82 Å². The molecule has 0 saturated carbocycles. The highest BCUT2D eigenvalue weighted by Gasteiger charge is 2.15. The average molecular weight is 280 g/mol. The maximum atomic E-state index is 11.8. The molecule has 0 unspecified atom stereocenters. The first-order valence-electron chi connectivity index (χ1n) is 5.88. The van der Waals surface area contributed by atoms with Crippen LogP contribution in [0.4, 0.5) is 5.69 Å². The van der Waals surface area contributed by atoms with Crippen LogP contribution in [-0.4, -0.2) is 32.0 Å². The van der Waals surface area contributed by atoms with Crippen molar-refractivity contribution in [1.82, 2.24) is 14.7 Å². The van der Waals surface area contributed by atoms with Gasteiger partial charge in [-0.3, -0.25) is 0 Å². The zero-order chi connectivity index (χ0) is 13.7. The molecule has 3 N–H and O–H groups in total. The maximum absolute atomic E-state index is 11.8. The summed E-state index contributed by atoms with van der Waals surface area (Å²) in [5.41, 5.74) is 0.586. The lowest BCUT2D eigenvalue weighted by atomic mass is 10.3. The van der Waals surface area contributed by atoms with Crippen LogP contribution in [0.25, 0.3) is 0 Å². The van der Waals surface area contributed by atoms with Crippen molar-refractivity contribution in [3.8, 4) is 0 Å². The molecule has 2 rings (SSSR count).